The highest BCUT2D eigenvalue weighted by atomic mass is 16.5. The van der Waals surface area contributed by atoms with E-state index in [2.05, 4.69) is 12.2 Å². The van der Waals surface area contributed by atoms with E-state index in [1.54, 1.807) is 0 Å². The Bertz CT molecular complexity index is 154. The van der Waals surface area contributed by atoms with Crippen molar-refractivity contribution in [3.8, 4) is 0 Å². The quantitative estimate of drug-likeness (QED) is 0.720. The molecule has 2 aliphatic rings. The first kappa shape index (κ1) is 9.47. The minimum absolute atomic E-state index is 0.571. The Hall–Kier alpha value is -0.0800. The first-order valence-electron chi connectivity index (χ1n) is 5.63. The maximum absolute atomic E-state index is 5.36. The Labute approximate surface area is 81.0 Å². The van der Waals surface area contributed by atoms with Gasteiger partial charge < -0.3 is 10.1 Å². The van der Waals surface area contributed by atoms with Crippen LogP contribution in [0.1, 0.15) is 32.6 Å². The molecule has 0 spiro atoms. The van der Waals surface area contributed by atoms with Gasteiger partial charge in [0.1, 0.15) is 0 Å². The van der Waals surface area contributed by atoms with E-state index >= 15 is 0 Å². The lowest BCUT2D eigenvalue weighted by Crippen LogP contribution is -2.44. The second kappa shape index (κ2) is 3.97. The molecule has 13 heavy (non-hydrogen) atoms. The van der Waals surface area contributed by atoms with Crippen molar-refractivity contribution in [1.82, 2.24) is 5.32 Å². The molecule has 2 fully saturated rings. The van der Waals surface area contributed by atoms with Crippen molar-refractivity contribution in [3.63, 3.8) is 0 Å². The van der Waals surface area contributed by atoms with E-state index in [9.17, 15) is 0 Å². The zero-order valence-electron chi connectivity index (χ0n) is 8.64. The van der Waals surface area contributed by atoms with E-state index in [0.29, 0.717) is 5.41 Å². The summed E-state index contributed by atoms with van der Waals surface area (Å²) in [5, 5.41) is 3.42. The van der Waals surface area contributed by atoms with Crippen LogP contribution in [0.5, 0.6) is 0 Å². The van der Waals surface area contributed by atoms with Gasteiger partial charge in [0.2, 0.25) is 0 Å². The summed E-state index contributed by atoms with van der Waals surface area (Å²) < 4.78 is 5.36. The Kier molecular flexibility index (Phi) is 2.89. The van der Waals surface area contributed by atoms with Gasteiger partial charge in [-0.1, -0.05) is 6.92 Å². The molecule has 2 heteroatoms. The van der Waals surface area contributed by atoms with Crippen molar-refractivity contribution in [3.05, 3.63) is 0 Å². The lowest BCUT2D eigenvalue weighted by Gasteiger charge is -2.44. The van der Waals surface area contributed by atoms with Crippen molar-refractivity contribution in [1.29, 1.82) is 0 Å². The summed E-state index contributed by atoms with van der Waals surface area (Å²) >= 11 is 0. The van der Waals surface area contributed by atoms with Gasteiger partial charge in [0.05, 0.1) is 13.2 Å². The van der Waals surface area contributed by atoms with E-state index in [1.165, 1.54) is 38.8 Å². The third-order valence-corrected chi connectivity index (χ3v) is 3.75. The van der Waals surface area contributed by atoms with Crippen molar-refractivity contribution < 1.29 is 4.74 Å². The van der Waals surface area contributed by atoms with E-state index in [0.717, 1.165) is 19.1 Å². The molecule has 0 aromatic rings. The molecule has 0 radical (unpaired) electrons. The zero-order chi connectivity index (χ0) is 9.15. The summed E-state index contributed by atoms with van der Waals surface area (Å²) in [4.78, 5) is 0. The van der Waals surface area contributed by atoms with Crippen LogP contribution in [0.3, 0.4) is 0 Å². The fourth-order valence-corrected chi connectivity index (χ4v) is 2.56. The first-order valence-corrected chi connectivity index (χ1v) is 5.63. The standard InChI is InChI=1S/C11H21NO/c1-2-11(8-13-9-11)7-10-3-5-12-6-4-10/h10,12H,2-9H2,1H3. The van der Waals surface area contributed by atoms with Gasteiger partial charge in [0.25, 0.3) is 0 Å². The monoisotopic (exact) mass is 183 g/mol. The Morgan fingerprint density at radius 1 is 1.31 bits per heavy atom. The second-order valence-electron chi connectivity index (χ2n) is 4.74. The molecule has 2 rings (SSSR count). The average molecular weight is 183 g/mol. The molecule has 0 atom stereocenters. The van der Waals surface area contributed by atoms with Crippen LogP contribution in [0.4, 0.5) is 0 Å². The van der Waals surface area contributed by atoms with Gasteiger partial charge in [-0.2, -0.15) is 0 Å². The lowest BCUT2D eigenvalue weighted by molar-refractivity contribution is -0.127. The number of rotatable bonds is 3. The van der Waals surface area contributed by atoms with Crippen molar-refractivity contribution in [2.75, 3.05) is 26.3 Å². The zero-order valence-corrected chi connectivity index (χ0v) is 8.64. The van der Waals surface area contributed by atoms with Gasteiger partial charge in [0.15, 0.2) is 0 Å². The van der Waals surface area contributed by atoms with Gasteiger partial charge >= 0.3 is 0 Å². The van der Waals surface area contributed by atoms with E-state index in [-0.39, 0.29) is 0 Å². The third-order valence-electron chi connectivity index (χ3n) is 3.75. The molecule has 0 saturated carbocycles. The SMILES string of the molecule is CCC1(CC2CCNCC2)COC1. The molecule has 2 nitrogen and oxygen atoms in total. The van der Waals surface area contributed by atoms with E-state index < -0.39 is 0 Å². The Morgan fingerprint density at radius 3 is 2.46 bits per heavy atom. The van der Waals surface area contributed by atoms with Crippen LogP contribution in [0, 0.1) is 11.3 Å². The highest BCUT2D eigenvalue weighted by Gasteiger charge is 2.38. The molecular formula is C11H21NO. The number of hydrogen-bond donors (Lipinski definition) is 1. The molecule has 0 amide bonds. The predicted molar refractivity (Wildman–Crippen MR) is 53.8 cm³/mol. The van der Waals surface area contributed by atoms with Crippen LogP contribution in [-0.2, 0) is 4.74 Å². The summed E-state index contributed by atoms with van der Waals surface area (Å²) in [5.41, 5.74) is 0.571. The van der Waals surface area contributed by atoms with Crippen LogP contribution in [0.15, 0.2) is 0 Å². The summed E-state index contributed by atoms with van der Waals surface area (Å²) in [5.74, 6) is 0.963. The number of ether oxygens (including phenoxy) is 1. The van der Waals surface area contributed by atoms with Gasteiger partial charge in [-0.05, 0) is 44.7 Å². The molecule has 2 saturated heterocycles. The maximum Gasteiger partial charge on any atom is 0.0544 e. The number of nitrogens with one attached hydrogen (secondary N) is 1. The van der Waals surface area contributed by atoms with Gasteiger partial charge in [-0.15, -0.1) is 0 Å². The van der Waals surface area contributed by atoms with Gasteiger partial charge in [0, 0.05) is 5.41 Å². The third kappa shape index (κ3) is 2.05. The molecule has 76 valence electrons. The molecule has 0 aliphatic carbocycles. The number of piperidine rings is 1. The largest absolute Gasteiger partial charge is 0.380 e. The van der Waals surface area contributed by atoms with Crippen LogP contribution in [0.2, 0.25) is 0 Å². The lowest BCUT2D eigenvalue weighted by atomic mass is 9.73. The Balaban J connectivity index is 1.81. The summed E-state index contributed by atoms with van der Waals surface area (Å²) in [6.45, 7) is 6.81. The minimum atomic E-state index is 0.571. The van der Waals surface area contributed by atoms with Crippen LogP contribution >= 0.6 is 0 Å². The summed E-state index contributed by atoms with van der Waals surface area (Å²) in [7, 11) is 0. The smallest absolute Gasteiger partial charge is 0.0544 e. The molecule has 0 unspecified atom stereocenters. The van der Waals surface area contributed by atoms with Crippen LogP contribution < -0.4 is 5.32 Å². The minimum Gasteiger partial charge on any atom is -0.380 e. The first-order chi connectivity index (χ1) is 6.35. The molecule has 0 bridgehead atoms. The Morgan fingerprint density at radius 2 is 2.00 bits per heavy atom. The fourth-order valence-electron chi connectivity index (χ4n) is 2.56. The molecule has 2 aliphatic heterocycles. The summed E-state index contributed by atoms with van der Waals surface area (Å²) in [6, 6.07) is 0. The van der Waals surface area contributed by atoms with Crippen molar-refractivity contribution in [2.45, 2.75) is 32.6 Å². The van der Waals surface area contributed by atoms with E-state index in [1.807, 2.05) is 0 Å². The van der Waals surface area contributed by atoms with Gasteiger partial charge in [-0.25, -0.2) is 0 Å². The summed E-state index contributed by atoms with van der Waals surface area (Å²) in [6.07, 6.45) is 5.46. The molecule has 0 aromatic carbocycles. The highest BCUT2D eigenvalue weighted by molar-refractivity contribution is 4.87. The second-order valence-corrected chi connectivity index (χ2v) is 4.74. The maximum atomic E-state index is 5.36. The molecule has 0 aromatic heterocycles. The van der Waals surface area contributed by atoms with Gasteiger partial charge in [-0.3, -0.25) is 0 Å². The fraction of sp³-hybridized carbons (Fsp3) is 1.00. The highest BCUT2D eigenvalue weighted by Crippen LogP contribution is 2.39. The molecule has 1 N–H and O–H groups in total. The normalized spacial score (nSPS) is 28.4. The average Bonchev–Trinajstić information content (AvgIpc) is 2.13. The van der Waals surface area contributed by atoms with Crippen LogP contribution in [0.25, 0.3) is 0 Å². The molecule has 2 heterocycles. The molecular weight excluding hydrogens is 162 g/mol. The predicted octanol–water partition coefficient (Wildman–Crippen LogP) is 1.80. The van der Waals surface area contributed by atoms with Crippen molar-refractivity contribution >= 4 is 0 Å². The van der Waals surface area contributed by atoms with Crippen molar-refractivity contribution in [2.24, 2.45) is 11.3 Å². The van der Waals surface area contributed by atoms with E-state index in [4.69, 9.17) is 4.74 Å². The van der Waals surface area contributed by atoms with Crippen LogP contribution in [-0.4, -0.2) is 26.3 Å². The topological polar surface area (TPSA) is 21.3 Å². The number of hydrogen-bond acceptors (Lipinski definition) is 2.